The van der Waals surface area contributed by atoms with Gasteiger partial charge in [0.1, 0.15) is 11.5 Å². The van der Waals surface area contributed by atoms with E-state index in [1.54, 1.807) is 11.9 Å². The van der Waals surface area contributed by atoms with Crippen LogP contribution in [0.4, 0.5) is 5.69 Å². The van der Waals surface area contributed by atoms with Crippen LogP contribution in [0.2, 0.25) is 5.02 Å². The molecule has 35 heavy (non-hydrogen) atoms. The first-order valence-electron chi connectivity index (χ1n) is 12.2. The van der Waals surface area contributed by atoms with Gasteiger partial charge in [0.2, 0.25) is 0 Å². The van der Waals surface area contributed by atoms with E-state index in [2.05, 4.69) is 56.5 Å². The fraction of sp³-hybridized carbons (Fsp3) is 0.286. The molecule has 0 saturated carbocycles. The molecule has 3 aromatic carbocycles. The lowest BCUT2D eigenvalue weighted by molar-refractivity contribution is 0.482. The van der Waals surface area contributed by atoms with Crippen LogP contribution in [0.1, 0.15) is 18.4 Å². The number of rotatable bonds is 9. The van der Waals surface area contributed by atoms with Crippen molar-refractivity contribution < 1.29 is 4.74 Å². The summed E-state index contributed by atoms with van der Waals surface area (Å²) in [7, 11) is 0. The van der Waals surface area contributed by atoms with Crippen LogP contribution < -0.4 is 19.7 Å². The van der Waals surface area contributed by atoms with Gasteiger partial charge in [-0.15, -0.1) is 0 Å². The number of aryl methyl sites for hydroxylation is 1. The Kier molecular flexibility index (Phi) is 8.16. The smallest absolute Gasteiger partial charge is 0.129 e. The van der Waals surface area contributed by atoms with Crippen molar-refractivity contribution in [3.8, 4) is 11.5 Å². The Bertz CT molecular complexity index is 1240. The average molecular weight is 507 g/mol. The van der Waals surface area contributed by atoms with E-state index in [-0.39, 0.29) is 0 Å². The van der Waals surface area contributed by atoms with Crippen molar-refractivity contribution in [2.75, 3.05) is 37.6 Å². The Balaban J connectivity index is 1.08. The van der Waals surface area contributed by atoms with Gasteiger partial charge in [-0.25, -0.2) is 0 Å². The fourth-order valence-corrected chi connectivity index (χ4v) is 5.26. The second-order valence-corrected chi connectivity index (χ2v) is 10.2. The minimum atomic E-state index is 0.780. The monoisotopic (exact) mass is 506 g/mol. The van der Waals surface area contributed by atoms with Crippen LogP contribution in [0.5, 0.6) is 11.5 Å². The Morgan fingerprint density at radius 1 is 0.971 bits per heavy atom. The zero-order chi connectivity index (χ0) is 23.9. The highest BCUT2D eigenvalue weighted by Crippen LogP contribution is 2.28. The summed E-state index contributed by atoms with van der Waals surface area (Å²) in [6, 6.07) is 22.6. The lowest BCUT2D eigenvalue weighted by atomic mass is 10.1. The molecule has 0 bridgehead atoms. The van der Waals surface area contributed by atoms with Crippen LogP contribution in [0, 0.1) is 0 Å². The number of benzene rings is 3. The molecule has 0 amide bonds. The van der Waals surface area contributed by atoms with Crippen molar-refractivity contribution in [1.82, 2.24) is 15.0 Å². The van der Waals surface area contributed by atoms with E-state index in [0.29, 0.717) is 0 Å². The van der Waals surface area contributed by atoms with Gasteiger partial charge in [0, 0.05) is 65.0 Å². The Labute approximate surface area is 216 Å². The number of nitrogens with zero attached hydrogens (tertiary/aromatic N) is 1. The first-order valence-corrected chi connectivity index (χ1v) is 13.4. The van der Waals surface area contributed by atoms with E-state index in [4.69, 9.17) is 16.3 Å². The summed E-state index contributed by atoms with van der Waals surface area (Å²) in [5.41, 5.74) is 3.67. The second-order valence-electron chi connectivity index (χ2n) is 8.77. The summed E-state index contributed by atoms with van der Waals surface area (Å²) in [5.74, 6) is 1.72. The third-order valence-corrected chi connectivity index (χ3v) is 7.32. The van der Waals surface area contributed by atoms with Crippen LogP contribution in [-0.2, 0) is 6.42 Å². The van der Waals surface area contributed by atoms with Crippen LogP contribution in [0.25, 0.3) is 10.9 Å². The molecule has 5 rings (SSSR count). The number of halogens is 1. The summed E-state index contributed by atoms with van der Waals surface area (Å²) in [4.78, 5) is 6.92. The third kappa shape index (κ3) is 6.53. The van der Waals surface area contributed by atoms with E-state index in [1.807, 2.05) is 36.4 Å². The third-order valence-electron chi connectivity index (χ3n) is 6.23. The molecule has 3 N–H and O–H groups in total. The van der Waals surface area contributed by atoms with Gasteiger partial charge in [0.15, 0.2) is 0 Å². The molecule has 1 fully saturated rings. The number of hydrogen-bond acceptors (Lipinski definition) is 5. The number of anilines is 1. The standard InChI is InChI=1S/C28H31ClN4OS/c29-22-7-12-28-27(18-22)21(20-31-28)4-2-14-32-35-26-10-8-24(9-11-26)34-25-6-1-5-23(19-25)33-16-3-13-30-15-17-33/h1,5-12,18-20,30-32H,2-4,13-17H2. The van der Waals surface area contributed by atoms with Crippen LogP contribution in [0.15, 0.2) is 77.8 Å². The molecule has 0 atom stereocenters. The maximum atomic E-state index is 6.16. The molecule has 1 saturated heterocycles. The van der Waals surface area contributed by atoms with Gasteiger partial charge in [-0.3, -0.25) is 4.72 Å². The number of aromatic amines is 1. The molecule has 0 radical (unpaired) electrons. The Hall–Kier alpha value is -2.64. The number of ether oxygens (including phenoxy) is 1. The molecule has 1 aromatic heterocycles. The topological polar surface area (TPSA) is 52.3 Å². The van der Waals surface area contributed by atoms with E-state index in [1.165, 1.54) is 21.5 Å². The van der Waals surface area contributed by atoms with Crippen LogP contribution >= 0.6 is 23.5 Å². The average Bonchev–Trinajstić information content (AvgIpc) is 3.08. The maximum absolute atomic E-state index is 6.16. The minimum absolute atomic E-state index is 0.780. The van der Waals surface area contributed by atoms with Gasteiger partial charge in [0.05, 0.1) is 0 Å². The zero-order valence-corrected chi connectivity index (χ0v) is 21.3. The molecular formula is C28H31ClN4OS. The maximum Gasteiger partial charge on any atom is 0.129 e. The highest BCUT2D eigenvalue weighted by molar-refractivity contribution is 7.97. The van der Waals surface area contributed by atoms with Crippen LogP contribution in [0.3, 0.4) is 0 Å². The van der Waals surface area contributed by atoms with Crippen molar-refractivity contribution in [2.45, 2.75) is 24.2 Å². The highest BCUT2D eigenvalue weighted by Gasteiger charge is 2.10. The Morgan fingerprint density at radius 3 is 2.80 bits per heavy atom. The molecular weight excluding hydrogens is 476 g/mol. The van der Waals surface area contributed by atoms with Gasteiger partial charge >= 0.3 is 0 Å². The van der Waals surface area contributed by atoms with Crippen molar-refractivity contribution in [3.05, 3.63) is 83.5 Å². The van der Waals surface area contributed by atoms with Gasteiger partial charge < -0.3 is 19.9 Å². The van der Waals surface area contributed by atoms with Gasteiger partial charge in [0.25, 0.3) is 0 Å². The summed E-state index contributed by atoms with van der Waals surface area (Å²) in [6.45, 7) is 5.14. The fourth-order valence-electron chi connectivity index (χ4n) is 4.40. The quantitative estimate of drug-likeness (QED) is 0.175. The minimum Gasteiger partial charge on any atom is -0.457 e. The van der Waals surface area contributed by atoms with Crippen LogP contribution in [-0.4, -0.2) is 37.7 Å². The number of hydrogen-bond donors (Lipinski definition) is 3. The molecule has 2 heterocycles. The number of nitrogens with one attached hydrogen (secondary N) is 3. The predicted octanol–water partition coefficient (Wildman–Crippen LogP) is 6.64. The molecule has 1 aliphatic heterocycles. The van der Waals surface area contributed by atoms with E-state index in [0.717, 1.165) is 74.0 Å². The Morgan fingerprint density at radius 2 is 1.89 bits per heavy atom. The zero-order valence-electron chi connectivity index (χ0n) is 19.7. The highest BCUT2D eigenvalue weighted by atomic mass is 35.5. The van der Waals surface area contributed by atoms with Crippen molar-refractivity contribution >= 4 is 40.1 Å². The number of H-pyrrole nitrogens is 1. The normalized spacial score (nSPS) is 14.3. The number of aromatic nitrogens is 1. The second kappa shape index (κ2) is 11.9. The molecule has 0 spiro atoms. The summed E-state index contributed by atoms with van der Waals surface area (Å²) in [5, 5.41) is 5.45. The van der Waals surface area contributed by atoms with Gasteiger partial charge in [-0.05, 0) is 97.9 Å². The van der Waals surface area contributed by atoms with E-state index < -0.39 is 0 Å². The lowest BCUT2D eigenvalue weighted by Gasteiger charge is -2.22. The lowest BCUT2D eigenvalue weighted by Crippen LogP contribution is -2.27. The largest absolute Gasteiger partial charge is 0.457 e. The molecule has 182 valence electrons. The van der Waals surface area contributed by atoms with E-state index in [9.17, 15) is 0 Å². The molecule has 7 heteroatoms. The SMILES string of the molecule is Clc1ccc2[nH]cc(CCCNSc3ccc(Oc4cccc(N5CCCNCC5)c4)cc3)c2c1. The molecule has 0 unspecified atom stereocenters. The summed E-state index contributed by atoms with van der Waals surface area (Å²) >= 11 is 7.81. The van der Waals surface area contributed by atoms with Gasteiger partial charge in [-0.1, -0.05) is 17.7 Å². The molecule has 5 nitrogen and oxygen atoms in total. The van der Waals surface area contributed by atoms with Crippen molar-refractivity contribution in [2.24, 2.45) is 0 Å². The first kappa shape index (κ1) is 24.1. The first-order chi connectivity index (χ1) is 17.2. The summed E-state index contributed by atoms with van der Waals surface area (Å²) < 4.78 is 9.61. The molecule has 0 aliphatic carbocycles. The number of fused-ring (bicyclic) bond motifs is 1. The molecule has 1 aliphatic rings. The van der Waals surface area contributed by atoms with E-state index >= 15 is 0 Å². The predicted molar refractivity (Wildman–Crippen MR) is 148 cm³/mol. The summed E-state index contributed by atoms with van der Waals surface area (Å²) in [6.07, 6.45) is 5.31. The van der Waals surface area contributed by atoms with Gasteiger partial charge in [-0.2, -0.15) is 0 Å². The molecule has 4 aromatic rings. The van der Waals surface area contributed by atoms with Crippen molar-refractivity contribution in [1.29, 1.82) is 0 Å². The van der Waals surface area contributed by atoms with Crippen molar-refractivity contribution in [3.63, 3.8) is 0 Å².